The zero-order chi connectivity index (χ0) is 13.9. The Kier molecular flexibility index (Phi) is 3.43. The third kappa shape index (κ3) is 2.40. The number of rotatable bonds is 2. The molecule has 0 aliphatic carbocycles. The molecule has 0 spiro atoms. The van der Waals surface area contributed by atoms with Gasteiger partial charge in [0.05, 0.1) is 0 Å². The third-order valence-electron chi connectivity index (χ3n) is 3.67. The van der Waals surface area contributed by atoms with Crippen molar-refractivity contribution in [3.8, 4) is 0 Å². The van der Waals surface area contributed by atoms with Crippen molar-refractivity contribution in [1.29, 1.82) is 0 Å². The number of hydrogen-bond acceptors (Lipinski definition) is 4. The van der Waals surface area contributed by atoms with Gasteiger partial charge in [-0.3, -0.25) is 4.79 Å². The maximum atomic E-state index is 12.3. The average molecular weight is 268 g/mol. The second kappa shape index (κ2) is 5.38. The van der Waals surface area contributed by atoms with Gasteiger partial charge in [-0.25, -0.2) is 0 Å². The van der Waals surface area contributed by atoms with E-state index in [0.717, 1.165) is 0 Å². The molecule has 102 valence electrons. The van der Waals surface area contributed by atoms with Gasteiger partial charge in [0.2, 0.25) is 0 Å². The van der Waals surface area contributed by atoms with E-state index >= 15 is 0 Å². The van der Waals surface area contributed by atoms with Crippen LogP contribution in [0.25, 0.3) is 0 Å². The van der Waals surface area contributed by atoms with Gasteiger partial charge < -0.3 is 10.6 Å². The van der Waals surface area contributed by atoms with Crippen molar-refractivity contribution in [3.05, 3.63) is 59.9 Å². The molecule has 2 unspecified atom stereocenters. The number of carbonyl (C=O) groups excluding carboxylic acids is 1. The van der Waals surface area contributed by atoms with Gasteiger partial charge in [-0.15, -0.1) is 5.10 Å². The molecule has 1 aromatic carbocycles. The first-order chi connectivity index (χ1) is 9.75. The topological polar surface area (TPSA) is 72.1 Å². The van der Waals surface area contributed by atoms with E-state index in [2.05, 4.69) is 22.3 Å². The van der Waals surface area contributed by atoms with Crippen LogP contribution in [0.1, 0.15) is 22.0 Å². The Morgan fingerprint density at radius 3 is 2.65 bits per heavy atom. The normalized spacial score (nSPS) is 21.9. The predicted octanol–water partition coefficient (Wildman–Crippen LogP) is 1.04. The first kappa shape index (κ1) is 12.7. The Morgan fingerprint density at radius 1 is 1.15 bits per heavy atom. The molecular weight excluding hydrogens is 252 g/mol. The van der Waals surface area contributed by atoms with E-state index in [1.54, 1.807) is 23.2 Å². The number of aromatic nitrogens is 2. The van der Waals surface area contributed by atoms with Crippen molar-refractivity contribution >= 4 is 5.91 Å². The molecule has 2 aromatic rings. The summed E-state index contributed by atoms with van der Waals surface area (Å²) < 4.78 is 0. The van der Waals surface area contributed by atoms with Gasteiger partial charge >= 0.3 is 0 Å². The van der Waals surface area contributed by atoms with Crippen molar-refractivity contribution in [3.63, 3.8) is 0 Å². The van der Waals surface area contributed by atoms with Crippen molar-refractivity contribution in [1.82, 2.24) is 15.1 Å². The molecule has 2 N–H and O–H groups in total. The zero-order valence-corrected chi connectivity index (χ0v) is 11.0. The number of carbonyl (C=O) groups is 1. The maximum absolute atomic E-state index is 12.3. The molecule has 5 nitrogen and oxygen atoms in total. The van der Waals surface area contributed by atoms with Crippen LogP contribution < -0.4 is 5.73 Å². The number of likely N-dealkylation sites (tertiary alicyclic amines) is 1. The van der Waals surface area contributed by atoms with Gasteiger partial charge in [-0.1, -0.05) is 30.3 Å². The summed E-state index contributed by atoms with van der Waals surface area (Å²) in [5, 5.41) is 7.61. The quantitative estimate of drug-likeness (QED) is 0.883. The smallest absolute Gasteiger partial charge is 0.274 e. The molecule has 1 aliphatic heterocycles. The van der Waals surface area contributed by atoms with Gasteiger partial charge in [0.25, 0.3) is 5.91 Å². The Bertz CT molecular complexity index is 587. The predicted molar refractivity (Wildman–Crippen MR) is 75.1 cm³/mol. The molecule has 5 heteroatoms. The van der Waals surface area contributed by atoms with E-state index in [-0.39, 0.29) is 17.9 Å². The van der Waals surface area contributed by atoms with E-state index in [4.69, 9.17) is 5.73 Å². The Morgan fingerprint density at radius 2 is 1.95 bits per heavy atom. The summed E-state index contributed by atoms with van der Waals surface area (Å²) in [5.74, 6) is 0.0730. The summed E-state index contributed by atoms with van der Waals surface area (Å²) in [4.78, 5) is 14.1. The molecule has 2 atom stereocenters. The Balaban J connectivity index is 1.77. The van der Waals surface area contributed by atoms with E-state index in [1.807, 2.05) is 18.2 Å². The molecule has 1 aliphatic rings. The van der Waals surface area contributed by atoms with Crippen LogP contribution in [0, 0.1) is 0 Å². The molecule has 1 aromatic heterocycles. The minimum atomic E-state index is -0.105. The van der Waals surface area contributed by atoms with Crippen LogP contribution in [0.5, 0.6) is 0 Å². The zero-order valence-electron chi connectivity index (χ0n) is 11.0. The third-order valence-corrected chi connectivity index (χ3v) is 3.67. The molecule has 1 amide bonds. The first-order valence-corrected chi connectivity index (χ1v) is 6.63. The monoisotopic (exact) mass is 268 g/mol. The van der Waals surface area contributed by atoms with Crippen LogP contribution in [-0.4, -0.2) is 40.1 Å². The number of benzene rings is 1. The van der Waals surface area contributed by atoms with E-state index < -0.39 is 0 Å². The van der Waals surface area contributed by atoms with Gasteiger partial charge in [-0.2, -0.15) is 5.10 Å². The second-order valence-corrected chi connectivity index (χ2v) is 5.00. The standard InChI is InChI=1S/C15H16N4O/c16-13-10-19(15(20)14-7-4-8-17-18-14)9-12(13)11-5-2-1-3-6-11/h1-8,12-13H,9-10,16H2. The SMILES string of the molecule is NC1CN(C(=O)c2cccnn2)CC1c1ccccc1. The molecule has 0 saturated carbocycles. The molecule has 1 fully saturated rings. The highest BCUT2D eigenvalue weighted by molar-refractivity contribution is 5.92. The molecule has 0 bridgehead atoms. The van der Waals surface area contributed by atoms with Crippen molar-refractivity contribution in [2.24, 2.45) is 5.73 Å². The Labute approximate surface area is 117 Å². The summed E-state index contributed by atoms with van der Waals surface area (Å²) in [5.41, 5.74) is 7.73. The van der Waals surface area contributed by atoms with Crippen molar-refractivity contribution in [2.45, 2.75) is 12.0 Å². The minimum Gasteiger partial charge on any atom is -0.335 e. The number of nitrogens with two attached hydrogens (primary N) is 1. The lowest BCUT2D eigenvalue weighted by molar-refractivity contribution is 0.0782. The van der Waals surface area contributed by atoms with Crippen LogP contribution in [0.3, 0.4) is 0 Å². The van der Waals surface area contributed by atoms with Gasteiger partial charge in [0.15, 0.2) is 5.69 Å². The fourth-order valence-corrected chi connectivity index (χ4v) is 2.63. The Hall–Kier alpha value is -2.27. The van der Waals surface area contributed by atoms with Crippen LogP contribution in [-0.2, 0) is 0 Å². The van der Waals surface area contributed by atoms with Gasteiger partial charge in [0.1, 0.15) is 0 Å². The highest BCUT2D eigenvalue weighted by atomic mass is 16.2. The molecule has 2 heterocycles. The van der Waals surface area contributed by atoms with Gasteiger partial charge in [0, 0.05) is 31.2 Å². The number of hydrogen-bond donors (Lipinski definition) is 1. The highest BCUT2D eigenvalue weighted by Crippen LogP contribution is 2.26. The van der Waals surface area contributed by atoms with Crippen LogP contribution in [0.4, 0.5) is 0 Å². The number of amides is 1. The first-order valence-electron chi connectivity index (χ1n) is 6.63. The molecule has 20 heavy (non-hydrogen) atoms. The van der Waals surface area contributed by atoms with Gasteiger partial charge in [-0.05, 0) is 17.7 Å². The summed E-state index contributed by atoms with van der Waals surface area (Å²) in [6.45, 7) is 1.18. The van der Waals surface area contributed by atoms with Crippen molar-refractivity contribution in [2.75, 3.05) is 13.1 Å². The molecule has 1 saturated heterocycles. The fourth-order valence-electron chi connectivity index (χ4n) is 2.63. The lowest BCUT2D eigenvalue weighted by Gasteiger charge is -2.15. The lowest BCUT2D eigenvalue weighted by Crippen LogP contribution is -2.32. The number of nitrogens with zero attached hydrogens (tertiary/aromatic N) is 3. The molecule has 0 radical (unpaired) electrons. The minimum absolute atomic E-state index is 0.0435. The summed E-state index contributed by atoms with van der Waals surface area (Å²) in [6, 6.07) is 13.4. The average Bonchev–Trinajstić information content (AvgIpc) is 2.90. The largest absolute Gasteiger partial charge is 0.335 e. The lowest BCUT2D eigenvalue weighted by atomic mass is 9.95. The van der Waals surface area contributed by atoms with E-state index in [1.165, 1.54) is 5.56 Å². The maximum Gasteiger partial charge on any atom is 0.274 e. The summed E-state index contributed by atoms with van der Waals surface area (Å²) in [6.07, 6.45) is 1.55. The van der Waals surface area contributed by atoms with Crippen LogP contribution >= 0.6 is 0 Å². The van der Waals surface area contributed by atoms with E-state index in [9.17, 15) is 4.79 Å². The molecule has 3 rings (SSSR count). The van der Waals surface area contributed by atoms with Crippen LogP contribution in [0.15, 0.2) is 48.7 Å². The van der Waals surface area contributed by atoms with Crippen LogP contribution in [0.2, 0.25) is 0 Å². The molecular formula is C15H16N4O. The second-order valence-electron chi connectivity index (χ2n) is 5.00. The highest BCUT2D eigenvalue weighted by Gasteiger charge is 2.34. The summed E-state index contributed by atoms with van der Waals surface area (Å²) in [7, 11) is 0. The fraction of sp³-hybridized carbons (Fsp3) is 0.267. The summed E-state index contributed by atoms with van der Waals surface area (Å²) >= 11 is 0. The van der Waals surface area contributed by atoms with E-state index in [0.29, 0.717) is 18.8 Å². The van der Waals surface area contributed by atoms with Crippen molar-refractivity contribution < 1.29 is 4.79 Å².